The molecule has 1 unspecified atom stereocenters. The van der Waals surface area contributed by atoms with Gasteiger partial charge in [0.2, 0.25) is 0 Å². The van der Waals surface area contributed by atoms with Crippen molar-refractivity contribution >= 4 is 0 Å². The molecule has 0 amide bonds. The molecule has 0 fully saturated rings. The van der Waals surface area contributed by atoms with Crippen LogP contribution in [-0.2, 0) is 11.8 Å². The monoisotopic (exact) mass is 357 g/mol. The smallest absolute Gasteiger partial charge is 0.157 e. The van der Waals surface area contributed by atoms with Gasteiger partial charge in [0.1, 0.15) is 11.5 Å². The fourth-order valence-corrected chi connectivity index (χ4v) is 3.59. The molecule has 0 aliphatic carbocycles. The van der Waals surface area contributed by atoms with Crippen molar-refractivity contribution in [1.82, 2.24) is 5.32 Å². The summed E-state index contributed by atoms with van der Waals surface area (Å²) in [5, 5.41) is 23.3. The van der Waals surface area contributed by atoms with E-state index in [1.807, 2.05) is 12.1 Å². The second-order valence-corrected chi connectivity index (χ2v) is 7.72. The van der Waals surface area contributed by atoms with Crippen LogP contribution in [0.15, 0.2) is 24.3 Å². The minimum Gasteiger partial charge on any atom is -0.504 e. The van der Waals surface area contributed by atoms with E-state index in [0.717, 1.165) is 46.7 Å². The Morgan fingerprint density at radius 1 is 0.923 bits per heavy atom. The Morgan fingerprint density at radius 2 is 1.58 bits per heavy atom. The predicted octanol–water partition coefficient (Wildman–Crippen LogP) is 3.65. The third-order valence-corrected chi connectivity index (χ3v) is 4.96. The maximum absolute atomic E-state index is 9.98. The molecule has 5 nitrogen and oxygen atoms in total. The Kier molecular flexibility index (Phi) is 4.76. The SMILES string of the molecule is COc1cc(C(C)(C)C)c(OC)cc1C1NCCc2cc(O)c(O)cc21. The van der Waals surface area contributed by atoms with Crippen LogP contribution >= 0.6 is 0 Å². The van der Waals surface area contributed by atoms with Crippen LogP contribution in [0.4, 0.5) is 0 Å². The lowest BCUT2D eigenvalue weighted by Crippen LogP contribution is -2.31. The Bertz CT molecular complexity index is 824. The molecule has 140 valence electrons. The molecule has 0 radical (unpaired) electrons. The van der Waals surface area contributed by atoms with E-state index in [0.29, 0.717) is 0 Å². The lowest BCUT2D eigenvalue weighted by molar-refractivity contribution is 0.379. The summed E-state index contributed by atoms with van der Waals surface area (Å²) in [4.78, 5) is 0. The summed E-state index contributed by atoms with van der Waals surface area (Å²) in [5.74, 6) is 1.38. The van der Waals surface area contributed by atoms with Crippen LogP contribution in [-0.4, -0.2) is 31.0 Å². The summed E-state index contributed by atoms with van der Waals surface area (Å²) < 4.78 is 11.4. The van der Waals surface area contributed by atoms with Crippen molar-refractivity contribution < 1.29 is 19.7 Å². The van der Waals surface area contributed by atoms with Crippen molar-refractivity contribution in [2.24, 2.45) is 0 Å². The number of hydrogen-bond donors (Lipinski definition) is 3. The number of aromatic hydroxyl groups is 2. The minimum absolute atomic E-state index is 0.0842. The number of benzene rings is 2. The van der Waals surface area contributed by atoms with E-state index in [4.69, 9.17) is 9.47 Å². The van der Waals surface area contributed by atoms with Gasteiger partial charge in [-0.15, -0.1) is 0 Å². The molecule has 1 atom stereocenters. The third-order valence-electron chi connectivity index (χ3n) is 4.96. The second kappa shape index (κ2) is 6.72. The highest BCUT2D eigenvalue weighted by molar-refractivity contribution is 5.56. The van der Waals surface area contributed by atoms with E-state index in [9.17, 15) is 10.2 Å². The average Bonchev–Trinajstić information content (AvgIpc) is 2.60. The first-order valence-electron chi connectivity index (χ1n) is 8.80. The molecule has 0 aromatic heterocycles. The van der Waals surface area contributed by atoms with Crippen LogP contribution < -0.4 is 14.8 Å². The first kappa shape index (κ1) is 18.4. The number of phenols is 2. The lowest BCUT2D eigenvalue weighted by Gasteiger charge is -2.31. The van der Waals surface area contributed by atoms with Crippen molar-refractivity contribution in [1.29, 1.82) is 0 Å². The number of phenolic OH excluding ortho intramolecular Hbond substituents is 2. The van der Waals surface area contributed by atoms with Gasteiger partial charge in [-0.1, -0.05) is 20.8 Å². The highest BCUT2D eigenvalue weighted by atomic mass is 16.5. The number of methoxy groups -OCH3 is 2. The molecule has 3 N–H and O–H groups in total. The van der Waals surface area contributed by atoms with E-state index in [1.54, 1.807) is 26.4 Å². The van der Waals surface area contributed by atoms with Crippen LogP contribution in [0.2, 0.25) is 0 Å². The molecule has 26 heavy (non-hydrogen) atoms. The molecule has 3 rings (SSSR count). The van der Waals surface area contributed by atoms with Gasteiger partial charge in [0, 0.05) is 17.7 Å². The Morgan fingerprint density at radius 3 is 2.19 bits per heavy atom. The standard InChI is InChI=1S/C21H27NO4/c1-21(2,3)15-11-18(25-4)14(10-19(15)26-5)20-13-9-17(24)16(23)8-12(13)6-7-22-20/h8-11,20,22-24H,6-7H2,1-5H3. The maximum atomic E-state index is 9.98. The Balaban J connectivity index is 2.18. The second-order valence-electron chi connectivity index (χ2n) is 7.72. The van der Waals surface area contributed by atoms with Crippen molar-refractivity contribution in [3.63, 3.8) is 0 Å². The minimum atomic E-state index is -0.150. The predicted molar refractivity (Wildman–Crippen MR) is 102 cm³/mol. The van der Waals surface area contributed by atoms with E-state index in [-0.39, 0.29) is 23.0 Å². The van der Waals surface area contributed by atoms with Crippen molar-refractivity contribution in [3.05, 3.63) is 46.5 Å². The number of fused-ring (bicyclic) bond motifs is 1. The highest BCUT2D eigenvalue weighted by Crippen LogP contribution is 2.43. The van der Waals surface area contributed by atoms with Gasteiger partial charge in [-0.25, -0.2) is 0 Å². The van der Waals surface area contributed by atoms with Gasteiger partial charge < -0.3 is 25.0 Å². The van der Waals surface area contributed by atoms with Gasteiger partial charge in [0.15, 0.2) is 11.5 Å². The lowest BCUT2D eigenvalue weighted by atomic mass is 9.83. The van der Waals surface area contributed by atoms with Crippen LogP contribution in [0, 0.1) is 0 Å². The fourth-order valence-electron chi connectivity index (χ4n) is 3.59. The van der Waals surface area contributed by atoms with Crippen LogP contribution in [0.5, 0.6) is 23.0 Å². The van der Waals surface area contributed by atoms with Gasteiger partial charge in [-0.2, -0.15) is 0 Å². The van der Waals surface area contributed by atoms with Crippen LogP contribution in [0.3, 0.4) is 0 Å². The highest BCUT2D eigenvalue weighted by Gasteiger charge is 2.29. The Hall–Kier alpha value is -2.40. The van der Waals surface area contributed by atoms with Crippen LogP contribution in [0.1, 0.15) is 49.1 Å². The van der Waals surface area contributed by atoms with Crippen molar-refractivity contribution in [3.8, 4) is 23.0 Å². The number of ether oxygens (including phenoxy) is 2. The van der Waals surface area contributed by atoms with E-state index >= 15 is 0 Å². The van der Waals surface area contributed by atoms with E-state index in [2.05, 4.69) is 26.1 Å². The van der Waals surface area contributed by atoms with Gasteiger partial charge in [-0.3, -0.25) is 0 Å². The summed E-state index contributed by atoms with van der Waals surface area (Å²) in [6.07, 6.45) is 0.791. The molecule has 2 aromatic rings. The molecular formula is C21H27NO4. The van der Waals surface area contributed by atoms with E-state index in [1.165, 1.54) is 0 Å². The summed E-state index contributed by atoms with van der Waals surface area (Å²) in [6.45, 7) is 7.19. The Labute approximate surface area is 154 Å². The molecule has 1 aliphatic heterocycles. The molecule has 0 saturated heterocycles. The number of nitrogens with one attached hydrogen (secondary N) is 1. The van der Waals surface area contributed by atoms with Gasteiger partial charge in [0.25, 0.3) is 0 Å². The topological polar surface area (TPSA) is 71.0 Å². The molecular weight excluding hydrogens is 330 g/mol. The summed E-state index contributed by atoms with van der Waals surface area (Å²) in [7, 11) is 3.34. The summed E-state index contributed by atoms with van der Waals surface area (Å²) in [5.41, 5.74) is 3.90. The first-order chi connectivity index (χ1) is 12.3. The number of rotatable bonds is 3. The summed E-state index contributed by atoms with van der Waals surface area (Å²) in [6, 6.07) is 7.17. The van der Waals surface area contributed by atoms with Crippen molar-refractivity contribution in [2.45, 2.75) is 38.6 Å². The fraction of sp³-hybridized carbons (Fsp3) is 0.429. The van der Waals surface area contributed by atoms with Crippen molar-refractivity contribution in [2.75, 3.05) is 20.8 Å². The quantitative estimate of drug-likeness (QED) is 0.732. The molecule has 1 heterocycles. The van der Waals surface area contributed by atoms with Crippen LogP contribution in [0.25, 0.3) is 0 Å². The zero-order valence-corrected chi connectivity index (χ0v) is 16.0. The maximum Gasteiger partial charge on any atom is 0.157 e. The van der Waals surface area contributed by atoms with Gasteiger partial charge in [-0.05, 0) is 47.2 Å². The number of hydrogen-bond acceptors (Lipinski definition) is 5. The van der Waals surface area contributed by atoms with E-state index < -0.39 is 0 Å². The third kappa shape index (κ3) is 3.19. The molecule has 0 saturated carbocycles. The zero-order chi connectivity index (χ0) is 19.1. The van der Waals surface area contributed by atoms with Gasteiger partial charge >= 0.3 is 0 Å². The molecule has 0 spiro atoms. The average molecular weight is 357 g/mol. The first-order valence-corrected chi connectivity index (χ1v) is 8.80. The largest absolute Gasteiger partial charge is 0.504 e. The zero-order valence-electron chi connectivity index (χ0n) is 16.0. The normalized spacial score (nSPS) is 16.9. The molecule has 5 heteroatoms. The molecule has 0 bridgehead atoms. The molecule has 1 aliphatic rings. The van der Waals surface area contributed by atoms with Gasteiger partial charge in [0.05, 0.1) is 20.3 Å². The molecule has 2 aromatic carbocycles. The summed E-state index contributed by atoms with van der Waals surface area (Å²) >= 11 is 0.